The lowest BCUT2D eigenvalue weighted by atomic mass is 10.1. The largest absolute Gasteiger partial charge is 0.479 e. The third-order valence-electron chi connectivity index (χ3n) is 4.12. The van der Waals surface area contributed by atoms with Crippen LogP contribution in [-0.2, 0) is 24.2 Å². The molecule has 1 N–H and O–H groups in total. The summed E-state index contributed by atoms with van der Waals surface area (Å²) < 4.78 is 15.2. The van der Waals surface area contributed by atoms with Crippen LogP contribution in [0.25, 0.3) is 11.0 Å². The molecule has 0 fully saturated rings. The van der Waals surface area contributed by atoms with Crippen molar-refractivity contribution >= 4 is 16.9 Å². The van der Waals surface area contributed by atoms with E-state index in [2.05, 4.69) is 17.4 Å². The minimum absolute atomic E-state index is 0.145. The normalized spacial score (nSPS) is 10.8. The number of aryl methyl sites for hydroxylation is 2. The van der Waals surface area contributed by atoms with Crippen molar-refractivity contribution in [1.82, 2.24) is 10.5 Å². The van der Waals surface area contributed by atoms with Gasteiger partial charge in [0.25, 0.3) is 5.88 Å². The van der Waals surface area contributed by atoms with Crippen LogP contribution in [0.4, 0.5) is 0 Å². The van der Waals surface area contributed by atoms with Gasteiger partial charge in [-0.15, -0.1) is 0 Å². The topological polar surface area (TPSA) is 94.6 Å². The van der Waals surface area contributed by atoms with Gasteiger partial charge in [0.15, 0.2) is 0 Å². The van der Waals surface area contributed by atoms with Gasteiger partial charge in [0.05, 0.1) is 7.11 Å². The third kappa shape index (κ3) is 4.11. The number of rotatable bonds is 7. The van der Waals surface area contributed by atoms with Crippen molar-refractivity contribution in [1.29, 1.82) is 0 Å². The Hall–Kier alpha value is -3.09. The molecule has 0 aliphatic heterocycles. The zero-order valence-electron chi connectivity index (χ0n) is 14.7. The van der Waals surface area contributed by atoms with Crippen molar-refractivity contribution in [2.45, 2.75) is 32.7 Å². The van der Waals surface area contributed by atoms with E-state index >= 15 is 0 Å². The summed E-state index contributed by atoms with van der Waals surface area (Å²) in [6.45, 7) is 2.31. The van der Waals surface area contributed by atoms with E-state index < -0.39 is 5.63 Å². The second kappa shape index (κ2) is 7.86. The predicted molar refractivity (Wildman–Crippen MR) is 95.1 cm³/mol. The van der Waals surface area contributed by atoms with Crippen LogP contribution in [0.1, 0.15) is 30.2 Å². The predicted octanol–water partition coefficient (Wildman–Crippen LogP) is 2.60. The van der Waals surface area contributed by atoms with Crippen molar-refractivity contribution in [2.75, 3.05) is 7.11 Å². The first-order chi connectivity index (χ1) is 12.6. The van der Waals surface area contributed by atoms with Gasteiger partial charge in [0.1, 0.15) is 11.3 Å². The monoisotopic (exact) mass is 356 g/mol. The summed E-state index contributed by atoms with van der Waals surface area (Å²) in [5, 5.41) is 7.36. The summed E-state index contributed by atoms with van der Waals surface area (Å²) in [5.41, 5.74) is 1.96. The Morgan fingerprint density at radius 1 is 1.27 bits per heavy atom. The molecule has 0 saturated carbocycles. The molecule has 2 aromatic heterocycles. The lowest BCUT2D eigenvalue weighted by Gasteiger charge is -2.08. The standard InChI is InChI=1S/C19H20N2O5/c1-3-12-4-6-16-15(8-12)13(9-19(23)25-16)11-20-17(22)7-5-14-10-18(24-2)21-26-14/h4,6,8-10H,3,5,7,11H2,1-2H3,(H,20,22). The number of fused-ring (bicyclic) bond motifs is 1. The highest BCUT2D eigenvalue weighted by molar-refractivity contribution is 5.82. The van der Waals surface area contributed by atoms with E-state index in [4.69, 9.17) is 13.7 Å². The molecule has 3 rings (SSSR count). The minimum atomic E-state index is -0.431. The Bertz CT molecular complexity index is 973. The molecule has 7 heteroatoms. The number of benzene rings is 1. The van der Waals surface area contributed by atoms with E-state index in [1.807, 2.05) is 12.1 Å². The van der Waals surface area contributed by atoms with Gasteiger partial charge >= 0.3 is 5.63 Å². The molecule has 3 aromatic rings. The van der Waals surface area contributed by atoms with Crippen molar-refractivity contribution < 1.29 is 18.5 Å². The fourth-order valence-corrected chi connectivity index (χ4v) is 2.67. The van der Waals surface area contributed by atoms with Gasteiger partial charge in [-0.3, -0.25) is 4.79 Å². The van der Waals surface area contributed by atoms with E-state index in [-0.39, 0.29) is 18.9 Å². The minimum Gasteiger partial charge on any atom is -0.479 e. The van der Waals surface area contributed by atoms with Gasteiger partial charge in [0, 0.05) is 36.9 Å². The zero-order chi connectivity index (χ0) is 18.5. The maximum atomic E-state index is 12.1. The number of nitrogens with zero attached hydrogens (tertiary/aromatic N) is 1. The SMILES string of the molecule is CCc1ccc2oc(=O)cc(CNC(=O)CCc3cc(OC)no3)c2c1. The molecule has 0 saturated heterocycles. The lowest BCUT2D eigenvalue weighted by Crippen LogP contribution is -2.23. The van der Waals surface area contributed by atoms with Crippen molar-refractivity contribution in [3.8, 4) is 5.88 Å². The molecule has 136 valence electrons. The molecule has 0 atom stereocenters. The number of nitrogens with one attached hydrogen (secondary N) is 1. The van der Waals surface area contributed by atoms with Crippen molar-refractivity contribution in [3.05, 3.63) is 57.6 Å². The number of amides is 1. The fourth-order valence-electron chi connectivity index (χ4n) is 2.67. The second-order valence-electron chi connectivity index (χ2n) is 5.89. The summed E-state index contributed by atoms with van der Waals surface area (Å²) in [6.07, 6.45) is 1.54. The fraction of sp³-hybridized carbons (Fsp3) is 0.316. The molecule has 1 amide bonds. The summed E-state index contributed by atoms with van der Waals surface area (Å²) >= 11 is 0. The number of hydrogen-bond donors (Lipinski definition) is 1. The number of aromatic nitrogens is 1. The van der Waals surface area contributed by atoms with E-state index in [0.717, 1.165) is 22.9 Å². The summed E-state index contributed by atoms with van der Waals surface area (Å²) in [7, 11) is 1.50. The molecule has 1 aromatic carbocycles. The first-order valence-electron chi connectivity index (χ1n) is 8.41. The van der Waals surface area contributed by atoms with Crippen molar-refractivity contribution in [2.24, 2.45) is 0 Å². The van der Waals surface area contributed by atoms with Crippen LogP contribution in [-0.4, -0.2) is 18.2 Å². The Balaban J connectivity index is 1.66. The highest BCUT2D eigenvalue weighted by Gasteiger charge is 2.10. The molecular formula is C19H20N2O5. The highest BCUT2D eigenvalue weighted by atomic mass is 16.5. The average Bonchev–Trinajstić information content (AvgIpc) is 3.12. The summed E-state index contributed by atoms with van der Waals surface area (Å²) in [5.74, 6) is 0.818. The quantitative estimate of drug-likeness (QED) is 0.654. The molecular weight excluding hydrogens is 336 g/mol. The van der Waals surface area contributed by atoms with Crippen LogP contribution in [0.15, 0.2) is 44.1 Å². The van der Waals surface area contributed by atoms with E-state index in [1.165, 1.54) is 13.2 Å². The van der Waals surface area contributed by atoms with Crippen LogP contribution in [0.5, 0.6) is 5.88 Å². The first-order valence-corrected chi connectivity index (χ1v) is 8.41. The Labute approximate surface area is 149 Å². The molecule has 0 radical (unpaired) electrons. The first kappa shape index (κ1) is 17.7. The molecule has 7 nitrogen and oxygen atoms in total. The van der Waals surface area contributed by atoms with Crippen LogP contribution in [0.2, 0.25) is 0 Å². The van der Waals surface area contributed by atoms with Crippen LogP contribution >= 0.6 is 0 Å². The van der Waals surface area contributed by atoms with Gasteiger partial charge in [-0.05, 0) is 34.8 Å². The van der Waals surface area contributed by atoms with Crippen molar-refractivity contribution in [3.63, 3.8) is 0 Å². The van der Waals surface area contributed by atoms with Gasteiger partial charge in [-0.25, -0.2) is 4.79 Å². The van der Waals surface area contributed by atoms with Gasteiger partial charge < -0.3 is 19.0 Å². The van der Waals surface area contributed by atoms with E-state index in [9.17, 15) is 9.59 Å². The Kier molecular flexibility index (Phi) is 5.36. The van der Waals surface area contributed by atoms with Crippen LogP contribution in [0, 0.1) is 0 Å². The maximum absolute atomic E-state index is 12.1. The average molecular weight is 356 g/mol. The zero-order valence-corrected chi connectivity index (χ0v) is 14.7. The molecule has 0 bridgehead atoms. The number of methoxy groups -OCH3 is 1. The molecule has 0 aliphatic rings. The Morgan fingerprint density at radius 3 is 2.85 bits per heavy atom. The van der Waals surface area contributed by atoms with E-state index in [0.29, 0.717) is 23.6 Å². The molecule has 2 heterocycles. The smallest absolute Gasteiger partial charge is 0.336 e. The maximum Gasteiger partial charge on any atom is 0.336 e. The number of carbonyl (C=O) groups excluding carboxylic acids is 1. The molecule has 26 heavy (non-hydrogen) atoms. The van der Waals surface area contributed by atoms with E-state index in [1.54, 1.807) is 12.1 Å². The number of ether oxygens (including phenoxy) is 1. The van der Waals surface area contributed by atoms with Crippen LogP contribution in [0.3, 0.4) is 0 Å². The lowest BCUT2D eigenvalue weighted by molar-refractivity contribution is -0.121. The third-order valence-corrected chi connectivity index (χ3v) is 4.12. The molecule has 0 unspecified atom stereocenters. The van der Waals surface area contributed by atoms with Gasteiger partial charge in [-0.1, -0.05) is 13.0 Å². The van der Waals surface area contributed by atoms with Gasteiger partial charge in [-0.2, -0.15) is 0 Å². The Morgan fingerprint density at radius 2 is 2.12 bits per heavy atom. The van der Waals surface area contributed by atoms with Gasteiger partial charge in [0.2, 0.25) is 5.91 Å². The second-order valence-corrected chi connectivity index (χ2v) is 5.89. The highest BCUT2D eigenvalue weighted by Crippen LogP contribution is 2.19. The molecule has 0 spiro atoms. The summed E-state index contributed by atoms with van der Waals surface area (Å²) in [6, 6.07) is 8.77. The number of carbonyl (C=O) groups is 1. The van der Waals surface area contributed by atoms with Crippen LogP contribution < -0.4 is 15.7 Å². The summed E-state index contributed by atoms with van der Waals surface area (Å²) in [4.78, 5) is 23.8. The number of hydrogen-bond acceptors (Lipinski definition) is 6. The molecule has 0 aliphatic carbocycles.